The lowest BCUT2D eigenvalue weighted by molar-refractivity contribution is 0.286. The van der Waals surface area contributed by atoms with Gasteiger partial charge in [-0.1, -0.05) is 52.9 Å². The van der Waals surface area contributed by atoms with E-state index in [1.807, 2.05) is 0 Å². The minimum Gasteiger partial charge on any atom is -0.432 e. The average Bonchev–Trinajstić information content (AvgIpc) is 2.15. The molecule has 2 radical (unpaired) electrons. The zero-order chi connectivity index (χ0) is 10.9. The van der Waals surface area contributed by atoms with Gasteiger partial charge >= 0.3 is 0 Å². The van der Waals surface area contributed by atoms with E-state index in [1.54, 1.807) is 0 Å². The first-order valence-corrected chi connectivity index (χ1v) is 7.15. The molecule has 2 heteroatoms. The third kappa shape index (κ3) is 8.76. The molecular weight excluding hydrogens is 188 g/mol. The first kappa shape index (κ1) is 14.2. The maximum atomic E-state index is 8.67. The van der Waals surface area contributed by atoms with Crippen LogP contribution < -0.4 is 0 Å². The van der Waals surface area contributed by atoms with Gasteiger partial charge in [-0.15, -0.1) is 0 Å². The van der Waals surface area contributed by atoms with Crippen molar-refractivity contribution in [1.82, 2.24) is 0 Å². The molecule has 0 aliphatic carbocycles. The Morgan fingerprint density at radius 3 is 2.21 bits per heavy atom. The number of unbranched alkanes of at least 4 members (excludes halogenated alkanes) is 3. The summed E-state index contributed by atoms with van der Waals surface area (Å²) < 4.78 is 0. The summed E-state index contributed by atoms with van der Waals surface area (Å²) in [5, 5.41) is 0. The molecule has 0 amide bonds. The molecule has 0 aromatic rings. The van der Waals surface area contributed by atoms with E-state index in [0.29, 0.717) is 5.41 Å². The standard InChI is InChI=1S/C12H26OSi/c1-4-5-9-12(2,3)10-7-6-8-11-14-13/h13H,4-11H2,1-3H3. The summed E-state index contributed by atoms with van der Waals surface area (Å²) in [4.78, 5) is 8.67. The highest BCUT2D eigenvalue weighted by molar-refractivity contribution is 6.25. The first-order valence-electron chi connectivity index (χ1n) is 5.99. The van der Waals surface area contributed by atoms with E-state index >= 15 is 0 Å². The summed E-state index contributed by atoms with van der Waals surface area (Å²) in [6.45, 7) is 7.03. The van der Waals surface area contributed by atoms with Gasteiger partial charge in [0, 0.05) is 0 Å². The molecule has 0 bridgehead atoms. The van der Waals surface area contributed by atoms with Crippen molar-refractivity contribution in [3.63, 3.8) is 0 Å². The van der Waals surface area contributed by atoms with Crippen LogP contribution in [-0.2, 0) is 0 Å². The molecule has 0 aliphatic rings. The van der Waals surface area contributed by atoms with Gasteiger partial charge in [-0.05, 0) is 24.3 Å². The van der Waals surface area contributed by atoms with Crippen molar-refractivity contribution in [1.29, 1.82) is 0 Å². The van der Waals surface area contributed by atoms with Gasteiger partial charge < -0.3 is 4.80 Å². The van der Waals surface area contributed by atoms with Crippen molar-refractivity contribution in [2.24, 2.45) is 5.41 Å². The highest BCUT2D eigenvalue weighted by Gasteiger charge is 2.15. The first-order chi connectivity index (χ1) is 6.62. The van der Waals surface area contributed by atoms with Gasteiger partial charge in [0.2, 0.25) is 9.76 Å². The Hall–Kier alpha value is 0.177. The smallest absolute Gasteiger partial charge is 0.224 e. The van der Waals surface area contributed by atoms with Gasteiger partial charge in [0.15, 0.2) is 0 Å². The lowest BCUT2D eigenvalue weighted by Gasteiger charge is -2.24. The Balaban J connectivity index is 3.35. The van der Waals surface area contributed by atoms with Gasteiger partial charge in [0.1, 0.15) is 0 Å². The fourth-order valence-electron chi connectivity index (χ4n) is 1.76. The SMILES string of the molecule is CCCCC(C)(C)CCCCC[Si]O. The van der Waals surface area contributed by atoms with Crippen molar-refractivity contribution in [2.45, 2.75) is 71.8 Å². The zero-order valence-corrected chi connectivity index (χ0v) is 11.1. The minimum absolute atomic E-state index is 0.156. The van der Waals surface area contributed by atoms with Crippen LogP contribution in [0.25, 0.3) is 0 Å². The molecule has 1 nitrogen and oxygen atoms in total. The molecule has 14 heavy (non-hydrogen) atoms. The monoisotopic (exact) mass is 214 g/mol. The summed E-state index contributed by atoms with van der Waals surface area (Å²) in [5.74, 6) is 0. The number of rotatable bonds is 9. The van der Waals surface area contributed by atoms with Gasteiger partial charge in [0.05, 0.1) is 0 Å². The minimum atomic E-state index is 0.156. The Morgan fingerprint density at radius 1 is 1.00 bits per heavy atom. The third-order valence-electron chi connectivity index (χ3n) is 2.85. The number of hydrogen-bond donors (Lipinski definition) is 1. The molecule has 0 aromatic heterocycles. The summed E-state index contributed by atoms with van der Waals surface area (Å²) >= 11 is 0. The van der Waals surface area contributed by atoms with Crippen LogP contribution in [0.5, 0.6) is 0 Å². The second-order valence-electron chi connectivity index (χ2n) is 4.99. The van der Waals surface area contributed by atoms with Crippen LogP contribution in [0.1, 0.15) is 65.7 Å². The van der Waals surface area contributed by atoms with Gasteiger partial charge in [-0.2, -0.15) is 0 Å². The molecule has 1 N–H and O–H groups in total. The van der Waals surface area contributed by atoms with Crippen molar-refractivity contribution in [3.8, 4) is 0 Å². The van der Waals surface area contributed by atoms with Gasteiger partial charge in [-0.25, -0.2) is 0 Å². The van der Waals surface area contributed by atoms with Crippen LogP contribution in [0.15, 0.2) is 0 Å². The maximum Gasteiger partial charge on any atom is 0.224 e. The maximum absolute atomic E-state index is 8.67. The lowest BCUT2D eigenvalue weighted by Crippen LogP contribution is -2.10. The molecule has 0 saturated heterocycles. The largest absolute Gasteiger partial charge is 0.432 e. The molecule has 0 aliphatic heterocycles. The van der Waals surface area contributed by atoms with Crippen molar-refractivity contribution in [2.75, 3.05) is 0 Å². The molecule has 0 atom stereocenters. The van der Waals surface area contributed by atoms with E-state index < -0.39 is 0 Å². The molecule has 0 heterocycles. The van der Waals surface area contributed by atoms with Crippen LogP contribution in [0, 0.1) is 5.41 Å². The van der Waals surface area contributed by atoms with Gasteiger partial charge in [0.25, 0.3) is 0 Å². The zero-order valence-electron chi connectivity index (χ0n) is 10.1. The molecule has 84 valence electrons. The van der Waals surface area contributed by atoms with Crippen LogP contribution in [-0.4, -0.2) is 14.6 Å². The molecular formula is C12H26OSi. The Bertz CT molecular complexity index is 123. The lowest BCUT2D eigenvalue weighted by atomic mass is 9.82. The van der Waals surface area contributed by atoms with Crippen LogP contribution in [0.3, 0.4) is 0 Å². The summed E-state index contributed by atoms with van der Waals surface area (Å²) in [5.41, 5.74) is 0.539. The molecule has 0 rings (SSSR count). The fraction of sp³-hybridized carbons (Fsp3) is 1.00. The molecule has 0 fully saturated rings. The Morgan fingerprint density at radius 2 is 1.64 bits per heavy atom. The Labute approximate surface area is 92.2 Å². The highest BCUT2D eigenvalue weighted by atomic mass is 28.2. The molecule has 0 unspecified atom stereocenters. The second kappa shape index (κ2) is 8.48. The predicted molar refractivity (Wildman–Crippen MR) is 64.6 cm³/mol. The van der Waals surface area contributed by atoms with Crippen LogP contribution >= 0.6 is 0 Å². The highest BCUT2D eigenvalue weighted by Crippen LogP contribution is 2.29. The van der Waals surface area contributed by atoms with E-state index in [0.717, 1.165) is 6.04 Å². The van der Waals surface area contributed by atoms with Crippen LogP contribution in [0.4, 0.5) is 0 Å². The predicted octanol–water partition coefficient (Wildman–Crippen LogP) is 3.79. The van der Waals surface area contributed by atoms with E-state index in [9.17, 15) is 0 Å². The topological polar surface area (TPSA) is 20.2 Å². The summed E-state index contributed by atoms with van der Waals surface area (Å²) in [6, 6.07) is 1.01. The molecule has 0 spiro atoms. The Kier molecular flexibility index (Phi) is 8.59. The van der Waals surface area contributed by atoms with Crippen molar-refractivity contribution < 1.29 is 4.80 Å². The van der Waals surface area contributed by atoms with Gasteiger partial charge in [-0.3, -0.25) is 0 Å². The van der Waals surface area contributed by atoms with Crippen LogP contribution in [0.2, 0.25) is 6.04 Å². The molecule has 0 aromatic carbocycles. The quantitative estimate of drug-likeness (QED) is 0.457. The number of hydrogen-bond acceptors (Lipinski definition) is 1. The molecule has 0 saturated carbocycles. The van der Waals surface area contributed by atoms with E-state index in [4.69, 9.17) is 4.80 Å². The van der Waals surface area contributed by atoms with E-state index in [-0.39, 0.29) is 9.76 Å². The average molecular weight is 214 g/mol. The third-order valence-corrected chi connectivity index (χ3v) is 3.43. The fourth-order valence-corrected chi connectivity index (χ4v) is 2.17. The summed E-state index contributed by atoms with van der Waals surface area (Å²) in [7, 11) is 0.156. The van der Waals surface area contributed by atoms with E-state index in [1.165, 1.54) is 44.9 Å². The van der Waals surface area contributed by atoms with E-state index in [2.05, 4.69) is 20.8 Å². The normalized spacial score (nSPS) is 12.0. The van der Waals surface area contributed by atoms with Crippen molar-refractivity contribution >= 4 is 9.76 Å². The van der Waals surface area contributed by atoms with Crippen molar-refractivity contribution in [3.05, 3.63) is 0 Å². The second-order valence-corrected chi connectivity index (χ2v) is 5.80. The summed E-state index contributed by atoms with van der Waals surface area (Å²) in [6.07, 6.45) is 9.23.